The Morgan fingerprint density at radius 2 is 2.50 bits per heavy atom. The number of carbonyl (C=O) groups is 1. The Balaban J connectivity index is 1.47. The highest BCUT2D eigenvalue weighted by atomic mass is 32.1. The Morgan fingerprint density at radius 1 is 1.54 bits per heavy atom. The van der Waals surface area contributed by atoms with Gasteiger partial charge in [0, 0.05) is 31.1 Å². The second-order valence-corrected chi connectivity index (χ2v) is 6.87. The van der Waals surface area contributed by atoms with Crippen molar-refractivity contribution in [3.8, 4) is 0 Å². The fourth-order valence-corrected chi connectivity index (χ4v) is 3.46. The van der Waals surface area contributed by atoms with Crippen LogP contribution in [0, 0.1) is 0 Å². The minimum atomic E-state index is -0.0301. The summed E-state index contributed by atoms with van der Waals surface area (Å²) < 4.78 is 7.46. The van der Waals surface area contributed by atoms with Crippen molar-refractivity contribution in [1.82, 2.24) is 25.0 Å². The molecular weight excluding hydrogens is 326 g/mol. The standard InChI is InChI=1S/C16H23N5O2S/c22-16(18-6-3-7-21-13-17-12-19-21)20(10-14-4-1-8-23-14)11-15-5-2-9-24-15/h2,5,9,12-14H,1,3-4,6-8,10-11H2,(H,18,22)/t14-/m1/s1. The van der Waals surface area contributed by atoms with E-state index in [1.54, 1.807) is 22.3 Å². The van der Waals surface area contributed by atoms with Gasteiger partial charge in [0.25, 0.3) is 0 Å². The molecule has 1 N–H and O–H groups in total. The van der Waals surface area contributed by atoms with Gasteiger partial charge >= 0.3 is 6.03 Å². The molecule has 8 heteroatoms. The first kappa shape index (κ1) is 16.9. The van der Waals surface area contributed by atoms with Gasteiger partial charge in [0.2, 0.25) is 0 Å². The molecule has 3 rings (SSSR count). The third-order valence-electron chi connectivity index (χ3n) is 3.97. The monoisotopic (exact) mass is 349 g/mol. The molecule has 1 aliphatic heterocycles. The SMILES string of the molecule is O=C(NCCCn1cncn1)N(Cc1cccs1)C[C@H]1CCCO1. The maximum absolute atomic E-state index is 12.5. The summed E-state index contributed by atoms with van der Waals surface area (Å²) in [7, 11) is 0. The van der Waals surface area contributed by atoms with Crippen molar-refractivity contribution >= 4 is 17.4 Å². The van der Waals surface area contributed by atoms with Gasteiger partial charge in [0.15, 0.2) is 0 Å². The lowest BCUT2D eigenvalue weighted by atomic mass is 10.2. The van der Waals surface area contributed by atoms with Crippen molar-refractivity contribution in [2.75, 3.05) is 19.7 Å². The first-order valence-electron chi connectivity index (χ1n) is 8.30. The molecule has 0 spiro atoms. The summed E-state index contributed by atoms with van der Waals surface area (Å²) in [6, 6.07) is 4.04. The number of urea groups is 1. The predicted molar refractivity (Wildman–Crippen MR) is 91.7 cm³/mol. The molecule has 1 saturated heterocycles. The molecule has 1 atom stereocenters. The Morgan fingerprint density at radius 3 is 3.21 bits per heavy atom. The summed E-state index contributed by atoms with van der Waals surface area (Å²) in [6.45, 7) is 3.44. The van der Waals surface area contributed by atoms with Crippen LogP contribution in [-0.4, -0.2) is 51.5 Å². The molecule has 2 amide bonds. The lowest BCUT2D eigenvalue weighted by Gasteiger charge is -2.25. The van der Waals surface area contributed by atoms with E-state index in [0.29, 0.717) is 19.6 Å². The molecule has 130 valence electrons. The van der Waals surface area contributed by atoms with E-state index in [1.807, 2.05) is 16.3 Å². The van der Waals surface area contributed by atoms with Crippen LogP contribution in [0.25, 0.3) is 0 Å². The highest BCUT2D eigenvalue weighted by molar-refractivity contribution is 7.09. The van der Waals surface area contributed by atoms with Crippen molar-refractivity contribution in [3.63, 3.8) is 0 Å². The number of hydrogen-bond acceptors (Lipinski definition) is 5. The largest absolute Gasteiger partial charge is 0.376 e. The zero-order valence-electron chi connectivity index (χ0n) is 13.6. The van der Waals surface area contributed by atoms with Crippen LogP contribution in [0.1, 0.15) is 24.1 Å². The van der Waals surface area contributed by atoms with Crippen molar-refractivity contribution in [2.45, 2.75) is 38.5 Å². The number of aromatic nitrogens is 3. The molecule has 0 aliphatic carbocycles. The van der Waals surface area contributed by atoms with Gasteiger partial charge in [0.1, 0.15) is 12.7 Å². The van der Waals surface area contributed by atoms with Gasteiger partial charge in [0.05, 0.1) is 12.6 Å². The van der Waals surface area contributed by atoms with Crippen LogP contribution in [0.5, 0.6) is 0 Å². The molecule has 0 aromatic carbocycles. The highest BCUT2D eigenvalue weighted by Gasteiger charge is 2.22. The molecular formula is C16H23N5O2S. The maximum atomic E-state index is 12.5. The van der Waals surface area contributed by atoms with E-state index in [-0.39, 0.29) is 12.1 Å². The number of rotatable bonds is 8. The number of nitrogens with one attached hydrogen (secondary N) is 1. The zero-order chi connectivity index (χ0) is 16.6. The van der Waals surface area contributed by atoms with Crippen LogP contribution in [0.15, 0.2) is 30.2 Å². The fraction of sp³-hybridized carbons (Fsp3) is 0.562. The number of hydrogen-bond donors (Lipinski definition) is 1. The van der Waals surface area contributed by atoms with E-state index in [9.17, 15) is 4.79 Å². The lowest BCUT2D eigenvalue weighted by Crippen LogP contribution is -2.43. The molecule has 2 aromatic heterocycles. The van der Waals surface area contributed by atoms with Crippen LogP contribution in [0.2, 0.25) is 0 Å². The summed E-state index contributed by atoms with van der Waals surface area (Å²) in [4.78, 5) is 19.5. The number of nitrogens with zero attached hydrogens (tertiary/aromatic N) is 4. The van der Waals surface area contributed by atoms with Crippen LogP contribution >= 0.6 is 11.3 Å². The lowest BCUT2D eigenvalue weighted by molar-refractivity contribution is 0.0797. The van der Waals surface area contributed by atoms with Gasteiger partial charge in [-0.3, -0.25) is 4.68 Å². The summed E-state index contributed by atoms with van der Waals surface area (Å²) in [6.07, 6.45) is 6.29. The van der Waals surface area contributed by atoms with E-state index < -0.39 is 0 Å². The van der Waals surface area contributed by atoms with Crippen molar-refractivity contribution in [3.05, 3.63) is 35.0 Å². The van der Waals surface area contributed by atoms with Crippen LogP contribution in [0.3, 0.4) is 0 Å². The van der Waals surface area contributed by atoms with Gasteiger partial charge in [-0.05, 0) is 30.7 Å². The van der Waals surface area contributed by atoms with Gasteiger partial charge in [-0.2, -0.15) is 5.10 Å². The summed E-state index contributed by atoms with van der Waals surface area (Å²) in [5.41, 5.74) is 0. The Hall–Kier alpha value is -1.93. The Bertz CT molecular complexity index is 596. The molecule has 24 heavy (non-hydrogen) atoms. The Kier molecular flexibility index (Phi) is 6.20. The van der Waals surface area contributed by atoms with Gasteiger partial charge in [-0.15, -0.1) is 11.3 Å². The molecule has 3 heterocycles. The van der Waals surface area contributed by atoms with Crippen LogP contribution < -0.4 is 5.32 Å². The molecule has 0 unspecified atom stereocenters. The van der Waals surface area contributed by atoms with Crippen LogP contribution in [0.4, 0.5) is 4.79 Å². The second-order valence-electron chi connectivity index (χ2n) is 5.84. The van der Waals surface area contributed by atoms with Crippen LogP contribution in [-0.2, 0) is 17.8 Å². The molecule has 7 nitrogen and oxygen atoms in total. The maximum Gasteiger partial charge on any atom is 0.317 e. The van der Waals surface area contributed by atoms with Crippen molar-refractivity contribution < 1.29 is 9.53 Å². The smallest absolute Gasteiger partial charge is 0.317 e. The minimum Gasteiger partial charge on any atom is -0.376 e. The predicted octanol–water partition coefficient (Wildman–Crippen LogP) is 2.12. The Labute approximate surface area is 145 Å². The first-order chi connectivity index (χ1) is 11.8. The molecule has 0 radical (unpaired) electrons. The number of aryl methyl sites for hydroxylation is 1. The van der Waals surface area contributed by atoms with Gasteiger partial charge in [-0.1, -0.05) is 6.07 Å². The highest BCUT2D eigenvalue weighted by Crippen LogP contribution is 2.17. The van der Waals surface area contributed by atoms with E-state index in [2.05, 4.69) is 21.5 Å². The molecule has 0 saturated carbocycles. The number of thiophene rings is 1. The molecule has 0 bridgehead atoms. The summed E-state index contributed by atoms with van der Waals surface area (Å²) in [5.74, 6) is 0. The minimum absolute atomic E-state index is 0.0301. The van der Waals surface area contributed by atoms with E-state index in [0.717, 1.165) is 32.4 Å². The van der Waals surface area contributed by atoms with Gasteiger partial charge < -0.3 is 15.0 Å². The normalized spacial score (nSPS) is 17.1. The van der Waals surface area contributed by atoms with Crippen molar-refractivity contribution in [1.29, 1.82) is 0 Å². The van der Waals surface area contributed by atoms with E-state index >= 15 is 0 Å². The van der Waals surface area contributed by atoms with E-state index in [4.69, 9.17) is 4.74 Å². The molecule has 1 aliphatic rings. The quantitative estimate of drug-likeness (QED) is 0.741. The second kappa shape index (κ2) is 8.79. The summed E-state index contributed by atoms with van der Waals surface area (Å²) in [5, 5.41) is 9.10. The number of carbonyl (C=O) groups excluding carboxylic acids is 1. The number of ether oxygens (including phenoxy) is 1. The first-order valence-corrected chi connectivity index (χ1v) is 9.18. The van der Waals surface area contributed by atoms with Crippen molar-refractivity contribution in [2.24, 2.45) is 0 Å². The zero-order valence-corrected chi connectivity index (χ0v) is 14.5. The third kappa shape index (κ3) is 5.04. The van der Waals surface area contributed by atoms with Gasteiger partial charge in [-0.25, -0.2) is 9.78 Å². The summed E-state index contributed by atoms with van der Waals surface area (Å²) >= 11 is 1.67. The third-order valence-corrected chi connectivity index (χ3v) is 4.83. The topological polar surface area (TPSA) is 72.3 Å². The molecule has 2 aromatic rings. The molecule has 1 fully saturated rings. The fourth-order valence-electron chi connectivity index (χ4n) is 2.74. The number of amides is 2. The van der Waals surface area contributed by atoms with E-state index in [1.165, 1.54) is 11.2 Å². The average molecular weight is 349 g/mol. The average Bonchev–Trinajstić information content (AvgIpc) is 3.33.